The smallest absolute Gasteiger partial charge is 0.0171 e. The Morgan fingerprint density at radius 2 is 1.79 bits per heavy atom. The Kier molecular flexibility index (Phi) is 1.61. The molecule has 0 bridgehead atoms. The molecule has 68 valence electrons. The van der Waals surface area contributed by atoms with Crippen molar-refractivity contribution in [2.75, 3.05) is 0 Å². The minimum Gasteiger partial charge on any atom is -0.0801 e. The molecule has 0 spiro atoms. The first-order valence-electron chi connectivity index (χ1n) is 5.06. The van der Waals surface area contributed by atoms with Gasteiger partial charge in [0.1, 0.15) is 0 Å². The Bertz CT molecular complexity index is 520. The molecule has 0 heterocycles. The normalized spacial score (nSPS) is 19.0. The summed E-state index contributed by atoms with van der Waals surface area (Å²) < 4.78 is 0. The third-order valence-corrected chi connectivity index (χ3v) is 4.03. The summed E-state index contributed by atoms with van der Waals surface area (Å²) in [6.45, 7) is 0. The largest absolute Gasteiger partial charge is 0.0801 e. The van der Waals surface area contributed by atoms with Crippen LogP contribution in [0.2, 0.25) is 0 Å². The van der Waals surface area contributed by atoms with Gasteiger partial charge in [-0.15, -0.1) is 0 Å². The number of allylic oxidation sites excluding steroid dienone is 1. The number of benzene rings is 2. The maximum Gasteiger partial charge on any atom is 0.0171 e. The van der Waals surface area contributed by atoms with Crippen LogP contribution in [0.4, 0.5) is 0 Å². The van der Waals surface area contributed by atoms with E-state index < -0.39 is 0 Å². The molecule has 0 N–H and O–H groups in total. The third-order valence-electron chi connectivity index (χ3n) is 3.02. The number of hydrogen-bond donors (Lipinski definition) is 0. The van der Waals surface area contributed by atoms with Gasteiger partial charge >= 0.3 is 0 Å². The van der Waals surface area contributed by atoms with Crippen molar-refractivity contribution in [3.8, 4) is 0 Å². The molecule has 0 nitrogen and oxygen atoms in total. The summed E-state index contributed by atoms with van der Waals surface area (Å²) in [6, 6.07) is 13.2. The monoisotopic (exact) mass is 196 g/mol. The maximum atomic E-state index is 2.34. The number of rotatable bonds is 0. The van der Waals surface area contributed by atoms with Gasteiger partial charge in [-0.2, -0.15) is 0 Å². The van der Waals surface area contributed by atoms with Crippen molar-refractivity contribution in [1.29, 1.82) is 0 Å². The highest BCUT2D eigenvalue weighted by atomic mass is 28.1. The Morgan fingerprint density at radius 1 is 1.00 bits per heavy atom. The van der Waals surface area contributed by atoms with Gasteiger partial charge in [-0.25, -0.2) is 0 Å². The SMILES string of the molecule is [SiH3]C1C=Cc2cccc3cccc1c23. The average Bonchev–Trinajstić information content (AvgIpc) is 2.24. The van der Waals surface area contributed by atoms with Gasteiger partial charge in [0.05, 0.1) is 0 Å². The third kappa shape index (κ3) is 0.992. The lowest BCUT2D eigenvalue weighted by atomic mass is 9.93. The van der Waals surface area contributed by atoms with Crippen LogP contribution in [0.3, 0.4) is 0 Å². The molecule has 0 amide bonds. The van der Waals surface area contributed by atoms with E-state index in [-0.39, 0.29) is 0 Å². The van der Waals surface area contributed by atoms with Gasteiger partial charge < -0.3 is 0 Å². The molecule has 14 heavy (non-hydrogen) atoms. The lowest BCUT2D eigenvalue weighted by Crippen LogP contribution is -2.00. The highest BCUT2D eigenvalue weighted by Gasteiger charge is 2.12. The van der Waals surface area contributed by atoms with Crippen molar-refractivity contribution in [3.63, 3.8) is 0 Å². The lowest BCUT2D eigenvalue weighted by molar-refractivity contribution is 1.23. The highest BCUT2D eigenvalue weighted by Crippen LogP contribution is 2.32. The van der Waals surface area contributed by atoms with Crippen LogP contribution in [0.25, 0.3) is 16.8 Å². The molecule has 1 atom stereocenters. The maximum absolute atomic E-state index is 2.34. The van der Waals surface area contributed by atoms with Crippen LogP contribution in [-0.2, 0) is 0 Å². The first-order chi connectivity index (χ1) is 6.86. The fourth-order valence-electron chi connectivity index (χ4n) is 2.27. The molecule has 2 aromatic rings. The molecule has 1 aliphatic carbocycles. The summed E-state index contributed by atoms with van der Waals surface area (Å²) in [7, 11) is 1.20. The van der Waals surface area contributed by atoms with E-state index in [1.807, 2.05) is 0 Å². The standard InChI is InChI=1S/C13H12Si/c14-12-8-7-10-4-1-3-9-5-2-6-11(12)13(9)10/h1-8,12H,14H3. The summed E-state index contributed by atoms with van der Waals surface area (Å²) >= 11 is 0. The van der Waals surface area contributed by atoms with Gasteiger partial charge in [-0.3, -0.25) is 0 Å². The molecule has 3 rings (SSSR count). The minimum atomic E-state index is 0.689. The van der Waals surface area contributed by atoms with E-state index in [0.29, 0.717) is 5.54 Å². The van der Waals surface area contributed by atoms with Crippen molar-refractivity contribution in [2.24, 2.45) is 0 Å². The molecule has 1 unspecified atom stereocenters. The first kappa shape index (κ1) is 8.01. The molecule has 0 saturated carbocycles. The van der Waals surface area contributed by atoms with E-state index in [0.717, 1.165) is 0 Å². The number of hydrogen-bond acceptors (Lipinski definition) is 0. The summed E-state index contributed by atoms with van der Waals surface area (Å²) in [4.78, 5) is 0. The van der Waals surface area contributed by atoms with Gasteiger partial charge in [0.15, 0.2) is 0 Å². The van der Waals surface area contributed by atoms with Crippen LogP contribution in [0, 0.1) is 0 Å². The molecule has 1 heteroatoms. The van der Waals surface area contributed by atoms with E-state index in [1.54, 1.807) is 0 Å². The van der Waals surface area contributed by atoms with E-state index >= 15 is 0 Å². The van der Waals surface area contributed by atoms with Gasteiger partial charge in [0, 0.05) is 10.2 Å². The lowest BCUT2D eigenvalue weighted by Gasteiger charge is -2.17. The second-order valence-electron chi connectivity index (χ2n) is 3.94. The quantitative estimate of drug-likeness (QED) is 0.567. The molecule has 0 aliphatic heterocycles. The zero-order valence-electron chi connectivity index (χ0n) is 8.20. The second kappa shape index (κ2) is 2.82. The van der Waals surface area contributed by atoms with Crippen molar-refractivity contribution < 1.29 is 0 Å². The van der Waals surface area contributed by atoms with Crippen LogP contribution < -0.4 is 0 Å². The minimum absolute atomic E-state index is 0.689. The predicted octanol–water partition coefficient (Wildman–Crippen LogP) is 2.27. The van der Waals surface area contributed by atoms with Crippen LogP contribution >= 0.6 is 0 Å². The van der Waals surface area contributed by atoms with Crippen molar-refractivity contribution in [2.45, 2.75) is 5.54 Å². The van der Waals surface area contributed by atoms with Gasteiger partial charge in [-0.05, 0) is 27.4 Å². The Balaban J connectivity index is 2.52. The topological polar surface area (TPSA) is 0 Å². The van der Waals surface area contributed by atoms with E-state index in [4.69, 9.17) is 0 Å². The summed E-state index contributed by atoms with van der Waals surface area (Å²) in [6.07, 6.45) is 4.61. The summed E-state index contributed by atoms with van der Waals surface area (Å²) in [5, 5.41) is 2.85. The van der Waals surface area contributed by atoms with E-state index in [1.165, 1.54) is 32.1 Å². The van der Waals surface area contributed by atoms with E-state index in [9.17, 15) is 0 Å². The van der Waals surface area contributed by atoms with Gasteiger partial charge in [0.25, 0.3) is 0 Å². The van der Waals surface area contributed by atoms with Crippen molar-refractivity contribution in [3.05, 3.63) is 53.6 Å². The van der Waals surface area contributed by atoms with Crippen molar-refractivity contribution in [1.82, 2.24) is 0 Å². The van der Waals surface area contributed by atoms with Crippen LogP contribution in [0.5, 0.6) is 0 Å². The molecule has 0 fully saturated rings. The fraction of sp³-hybridized carbons (Fsp3) is 0.0769. The molecule has 0 saturated heterocycles. The predicted molar refractivity (Wildman–Crippen MR) is 65.7 cm³/mol. The Hall–Kier alpha value is -1.34. The molecular formula is C13H12Si. The Morgan fingerprint density at radius 3 is 2.64 bits per heavy atom. The van der Waals surface area contributed by atoms with Crippen LogP contribution in [-0.4, -0.2) is 10.2 Å². The molecule has 1 aliphatic rings. The summed E-state index contributed by atoms with van der Waals surface area (Å²) in [5.41, 5.74) is 3.59. The molecular weight excluding hydrogens is 184 g/mol. The molecule has 0 radical (unpaired) electrons. The first-order valence-corrected chi connectivity index (χ1v) is 6.21. The zero-order valence-corrected chi connectivity index (χ0v) is 10.2. The second-order valence-corrected chi connectivity index (χ2v) is 5.18. The molecule has 0 aromatic heterocycles. The van der Waals surface area contributed by atoms with Gasteiger partial charge in [0.2, 0.25) is 0 Å². The summed E-state index contributed by atoms with van der Waals surface area (Å²) in [5.74, 6) is 0. The van der Waals surface area contributed by atoms with Crippen molar-refractivity contribution >= 4 is 27.1 Å². The molecule has 2 aromatic carbocycles. The zero-order chi connectivity index (χ0) is 9.54. The highest BCUT2D eigenvalue weighted by molar-refractivity contribution is 6.17. The Labute approximate surface area is 86.7 Å². The average molecular weight is 196 g/mol. The van der Waals surface area contributed by atoms with Crippen LogP contribution in [0.15, 0.2) is 42.5 Å². The van der Waals surface area contributed by atoms with Crippen LogP contribution in [0.1, 0.15) is 16.7 Å². The van der Waals surface area contributed by atoms with E-state index in [2.05, 4.69) is 48.6 Å². The fourth-order valence-corrected chi connectivity index (χ4v) is 2.94. The van der Waals surface area contributed by atoms with Gasteiger partial charge in [-0.1, -0.05) is 48.6 Å².